The van der Waals surface area contributed by atoms with E-state index in [1.165, 1.54) is 17.0 Å². The van der Waals surface area contributed by atoms with E-state index in [-0.39, 0.29) is 17.5 Å². The summed E-state index contributed by atoms with van der Waals surface area (Å²) in [4.78, 5) is 20.2. The minimum atomic E-state index is -0.472. The van der Waals surface area contributed by atoms with Crippen molar-refractivity contribution in [2.45, 2.75) is 32.9 Å². The lowest BCUT2D eigenvalue weighted by Gasteiger charge is -2.37. The van der Waals surface area contributed by atoms with Crippen molar-refractivity contribution in [1.29, 1.82) is 0 Å². The second-order valence-electron chi connectivity index (χ2n) is 6.41. The Bertz CT molecular complexity index is 718. The molecule has 0 radical (unpaired) electrons. The topological polar surface area (TPSA) is 45.2 Å². The first-order valence-electron chi connectivity index (χ1n) is 8.22. The Kier molecular flexibility index (Phi) is 5.26. The first kappa shape index (κ1) is 17.0. The minimum absolute atomic E-state index is 0.0801. The van der Waals surface area contributed by atoms with Crippen molar-refractivity contribution in [2.75, 3.05) is 13.1 Å². The summed E-state index contributed by atoms with van der Waals surface area (Å²) in [5.41, 5.74) is 0.118. The van der Waals surface area contributed by atoms with Crippen LogP contribution in [0.4, 0.5) is 4.39 Å². The minimum Gasteiger partial charge on any atom is -0.349 e. The number of likely N-dealkylation sites (tertiary alicyclic amines) is 1. The van der Waals surface area contributed by atoms with Crippen molar-refractivity contribution >= 4 is 17.2 Å². The first-order valence-corrected chi connectivity index (χ1v) is 9.03. The van der Waals surface area contributed by atoms with Crippen molar-refractivity contribution < 1.29 is 9.18 Å². The third-order valence-electron chi connectivity index (χ3n) is 4.47. The summed E-state index contributed by atoms with van der Waals surface area (Å²) in [6, 6.07) is 6.20. The molecule has 2 atom stereocenters. The molecule has 6 heteroatoms. The van der Waals surface area contributed by atoms with Gasteiger partial charge in [-0.3, -0.25) is 9.69 Å². The summed E-state index contributed by atoms with van der Waals surface area (Å²) in [5.74, 6) is -0.472. The molecule has 1 aromatic carbocycles. The van der Waals surface area contributed by atoms with E-state index in [2.05, 4.69) is 22.1 Å². The molecule has 1 amide bonds. The van der Waals surface area contributed by atoms with Crippen LogP contribution >= 0.6 is 11.3 Å². The number of thiazole rings is 1. The summed E-state index contributed by atoms with van der Waals surface area (Å²) in [6.07, 6.45) is 2.82. The van der Waals surface area contributed by atoms with Crippen LogP contribution in [0.15, 0.2) is 30.5 Å². The van der Waals surface area contributed by atoms with E-state index in [0.717, 1.165) is 31.1 Å². The number of rotatable bonds is 4. The van der Waals surface area contributed by atoms with Gasteiger partial charge in [0.1, 0.15) is 5.82 Å². The van der Waals surface area contributed by atoms with Gasteiger partial charge in [-0.05, 0) is 31.4 Å². The van der Waals surface area contributed by atoms with Crippen LogP contribution in [0.25, 0.3) is 0 Å². The van der Waals surface area contributed by atoms with Gasteiger partial charge < -0.3 is 5.32 Å². The maximum Gasteiger partial charge on any atom is 0.254 e. The maximum atomic E-state index is 13.7. The number of nitrogens with one attached hydrogen (secondary N) is 1. The highest BCUT2D eigenvalue weighted by Gasteiger charge is 2.28. The van der Waals surface area contributed by atoms with Crippen LogP contribution in [0.5, 0.6) is 0 Å². The van der Waals surface area contributed by atoms with Gasteiger partial charge in [0.25, 0.3) is 5.91 Å². The largest absolute Gasteiger partial charge is 0.349 e. The van der Waals surface area contributed by atoms with Crippen LogP contribution in [0.2, 0.25) is 0 Å². The third kappa shape index (κ3) is 3.99. The Morgan fingerprint density at radius 1 is 1.46 bits per heavy atom. The molecule has 2 heterocycles. The van der Waals surface area contributed by atoms with Crippen molar-refractivity contribution in [3.63, 3.8) is 0 Å². The molecule has 0 aliphatic carbocycles. The molecule has 0 spiro atoms. The van der Waals surface area contributed by atoms with Crippen molar-refractivity contribution in [1.82, 2.24) is 15.2 Å². The Morgan fingerprint density at radius 3 is 2.92 bits per heavy atom. The zero-order chi connectivity index (χ0) is 17.1. The maximum absolute atomic E-state index is 13.7. The smallest absolute Gasteiger partial charge is 0.254 e. The average molecular weight is 347 g/mol. The number of aryl methyl sites for hydroxylation is 1. The Morgan fingerprint density at radius 2 is 2.25 bits per heavy atom. The summed E-state index contributed by atoms with van der Waals surface area (Å²) in [7, 11) is 0. The highest BCUT2D eigenvalue weighted by atomic mass is 32.1. The molecular formula is C18H22FN3OS. The fraction of sp³-hybridized carbons (Fsp3) is 0.444. The molecule has 2 unspecified atom stereocenters. The van der Waals surface area contributed by atoms with Crippen LogP contribution in [-0.2, 0) is 6.54 Å². The molecule has 1 saturated heterocycles. The predicted octanol–water partition coefficient (Wildman–Crippen LogP) is 3.23. The quantitative estimate of drug-likeness (QED) is 0.924. The van der Waals surface area contributed by atoms with E-state index < -0.39 is 5.82 Å². The summed E-state index contributed by atoms with van der Waals surface area (Å²) in [5, 5.41) is 4.09. The number of carbonyl (C=O) groups is 1. The standard InChI is InChI=1S/C18H22FN3OS/c1-12-10-22(11-14-9-20-13(2)24-14)8-7-17(12)21-18(23)15-5-3-4-6-16(15)19/h3-6,9,12,17H,7-8,10-11H2,1-2H3,(H,21,23). The number of hydrogen-bond acceptors (Lipinski definition) is 4. The second-order valence-corrected chi connectivity index (χ2v) is 7.73. The van der Waals surface area contributed by atoms with Crippen LogP contribution in [0.1, 0.15) is 33.6 Å². The van der Waals surface area contributed by atoms with Crippen molar-refractivity contribution in [2.24, 2.45) is 5.92 Å². The summed E-state index contributed by atoms with van der Waals surface area (Å²) >= 11 is 1.73. The van der Waals surface area contributed by atoms with Gasteiger partial charge in [-0.25, -0.2) is 9.37 Å². The number of carbonyl (C=O) groups excluding carboxylic acids is 1. The van der Waals surface area contributed by atoms with Gasteiger partial charge in [-0.1, -0.05) is 19.1 Å². The van der Waals surface area contributed by atoms with Gasteiger partial charge in [0.15, 0.2) is 0 Å². The molecule has 0 saturated carbocycles. The predicted molar refractivity (Wildman–Crippen MR) is 93.6 cm³/mol. The van der Waals surface area contributed by atoms with E-state index in [0.29, 0.717) is 5.92 Å². The van der Waals surface area contributed by atoms with Gasteiger partial charge in [-0.2, -0.15) is 0 Å². The average Bonchev–Trinajstić information content (AvgIpc) is 2.95. The zero-order valence-corrected chi connectivity index (χ0v) is 14.8. The molecule has 2 aromatic rings. The number of halogens is 1. The lowest BCUT2D eigenvalue weighted by molar-refractivity contribution is 0.0857. The van der Waals surface area contributed by atoms with E-state index in [4.69, 9.17) is 0 Å². The van der Waals surface area contributed by atoms with E-state index >= 15 is 0 Å². The summed E-state index contributed by atoms with van der Waals surface area (Å²) < 4.78 is 13.7. The number of amides is 1. The molecule has 128 valence electrons. The van der Waals surface area contributed by atoms with Crippen LogP contribution in [0, 0.1) is 18.7 Å². The van der Waals surface area contributed by atoms with Crippen LogP contribution in [0.3, 0.4) is 0 Å². The molecule has 4 nitrogen and oxygen atoms in total. The van der Waals surface area contributed by atoms with Gasteiger partial charge in [-0.15, -0.1) is 11.3 Å². The van der Waals surface area contributed by atoms with Gasteiger partial charge in [0.2, 0.25) is 0 Å². The Hall–Kier alpha value is -1.79. The molecule has 1 aliphatic rings. The Balaban J connectivity index is 1.56. The van der Waals surface area contributed by atoms with Crippen LogP contribution < -0.4 is 5.32 Å². The van der Waals surface area contributed by atoms with Gasteiger partial charge in [0.05, 0.1) is 10.6 Å². The lowest BCUT2D eigenvalue weighted by Crippen LogP contribution is -2.49. The highest BCUT2D eigenvalue weighted by molar-refractivity contribution is 7.11. The van der Waals surface area contributed by atoms with E-state index in [1.807, 2.05) is 13.1 Å². The molecule has 1 aromatic heterocycles. The number of nitrogens with zero attached hydrogens (tertiary/aromatic N) is 2. The molecular weight excluding hydrogens is 325 g/mol. The second kappa shape index (κ2) is 7.40. The third-order valence-corrected chi connectivity index (χ3v) is 5.37. The number of aromatic nitrogens is 1. The monoisotopic (exact) mass is 347 g/mol. The number of hydrogen-bond donors (Lipinski definition) is 1. The van der Waals surface area contributed by atoms with E-state index in [9.17, 15) is 9.18 Å². The van der Waals surface area contributed by atoms with E-state index in [1.54, 1.807) is 23.5 Å². The fourth-order valence-corrected chi connectivity index (χ4v) is 4.02. The summed E-state index contributed by atoms with van der Waals surface area (Å²) in [6.45, 7) is 6.89. The van der Waals surface area contributed by atoms with Gasteiger partial charge >= 0.3 is 0 Å². The lowest BCUT2D eigenvalue weighted by atomic mass is 9.93. The molecule has 3 rings (SSSR count). The van der Waals surface area contributed by atoms with Gasteiger partial charge in [0, 0.05) is 36.8 Å². The molecule has 1 aliphatic heterocycles. The van der Waals surface area contributed by atoms with Crippen molar-refractivity contribution in [3.8, 4) is 0 Å². The zero-order valence-electron chi connectivity index (χ0n) is 14.0. The molecule has 1 N–H and O–H groups in total. The fourth-order valence-electron chi connectivity index (χ4n) is 3.18. The Labute approximate surface area is 145 Å². The molecule has 0 bridgehead atoms. The molecule has 24 heavy (non-hydrogen) atoms. The van der Waals surface area contributed by atoms with Crippen LogP contribution in [-0.4, -0.2) is 34.9 Å². The number of benzene rings is 1. The number of piperidine rings is 1. The normalized spacial score (nSPS) is 21.6. The van der Waals surface area contributed by atoms with Crippen molar-refractivity contribution in [3.05, 3.63) is 51.7 Å². The first-order chi connectivity index (χ1) is 11.5. The molecule has 1 fully saturated rings. The SMILES string of the molecule is Cc1ncc(CN2CCC(NC(=O)c3ccccc3F)C(C)C2)s1. The highest BCUT2D eigenvalue weighted by Crippen LogP contribution is 2.21.